The largest absolute Gasteiger partial charge is 0.493 e. The van der Waals surface area contributed by atoms with Gasteiger partial charge in [0.15, 0.2) is 17.1 Å². The van der Waals surface area contributed by atoms with Crippen LogP contribution in [0.15, 0.2) is 35.5 Å². The Balaban J connectivity index is 1.47. The smallest absolute Gasteiger partial charge is 0.230 e. The van der Waals surface area contributed by atoms with Gasteiger partial charge in [-0.2, -0.15) is 9.61 Å². The van der Waals surface area contributed by atoms with Gasteiger partial charge in [-0.3, -0.25) is 4.79 Å². The van der Waals surface area contributed by atoms with E-state index in [2.05, 4.69) is 20.6 Å². The van der Waals surface area contributed by atoms with E-state index in [-0.39, 0.29) is 17.8 Å². The van der Waals surface area contributed by atoms with Crippen molar-refractivity contribution in [1.29, 1.82) is 0 Å². The van der Waals surface area contributed by atoms with Crippen molar-refractivity contribution in [1.82, 2.24) is 25.1 Å². The molecule has 0 bridgehead atoms. The number of hydrogen-bond donors (Lipinski definition) is 1. The average molecular weight is 430 g/mol. The zero-order valence-electron chi connectivity index (χ0n) is 16.8. The Morgan fingerprint density at radius 3 is 2.87 bits per heavy atom. The van der Waals surface area contributed by atoms with Gasteiger partial charge >= 0.3 is 0 Å². The summed E-state index contributed by atoms with van der Waals surface area (Å²) in [5, 5.41) is 16.4. The maximum atomic E-state index is 12.2. The monoisotopic (exact) mass is 429 g/mol. The fourth-order valence-corrected chi connectivity index (χ4v) is 3.94. The number of aromatic nitrogens is 4. The van der Waals surface area contributed by atoms with Crippen molar-refractivity contribution < 1.29 is 19.0 Å². The van der Waals surface area contributed by atoms with Crippen LogP contribution >= 0.6 is 11.8 Å². The van der Waals surface area contributed by atoms with Crippen molar-refractivity contribution in [2.45, 2.75) is 24.1 Å². The van der Waals surface area contributed by atoms with Gasteiger partial charge in [-0.1, -0.05) is 11.8 Å². The number of benzene rings is 1. The molecule has 30 heavy (non-hydrogen) atoms. The van der Waals surface area contributed by atoms with Crippen LogP contribution in [-0.2, 0) is 9.53 Å². The first-order valence-corrected chi connectivity index (χ1v) is 10.6. The van der Waals surface area contributed by atoms with Gasteiger partial charge in [-0.15, -0.1) is 10.2 Å². The third kappa shape index (κ3) is 4.49. The number of ether oxygens (including phenoxy) is 3. The standard InChI is InChI=1S/C20H23N5O4S/c1-27-16-7-5-13(10-17(16)28-2)15-6-8-18-22-23-20(25(18)24-15)30-12-19(26)21-11-14-4-3-9-29-14/h5-8,10,14H,3-4,9,11-12H2,1-2H3,(H,21,26). The summed E-state index contributed by atoms with van der Waals surface area (Å²) in [5.74, 6) is 1.44. The first-order chi connectivity index (χ1) is 14.7. The van der Waals surface area contributed by atoms with E-state index in [1.807, 2.05) is 30.3 Å². The molecule has 0 radical (unpaired) electrons. The summed E-state index contributed by atoms with van der Waals surface area (Å²) in [6.45, 7) is 1.32. The molecule has 1 N–H and O–H groups in total. The van der Waals surface area contributed by atoms with Crippen LogP contribution in [0.2, 0.25) is 0 Å². The summed E-state index contributed by atoms with van der Waals surface area (Å²) in [5.41, 5.74) is 2.21. The topological polar surface area (TPSA) is 99.9 Å². The molecule has 1 saturated heterocycles. The van der Waals surface area contributed by atoms with Crippen molar-refractivity contribution in [2.24, 2.45) is 0 Å². The van der Waals surface area contributed by atoms with E-state index in [9.17, 15) is 4.79 Å². The Labute approximate surface area is 178 Å². The molecular weight excluding hydrogens is 406 g/mol. The molecule has 3 heterocycles. The third-order valence-electron chi connectivity index (χ3n) is 4.80. The van der Waals surface area contributed by atoms with Crippen LogP contribution in [0.3, 0.4) is 0 Å². The van der Waals surface area contributed by atoms with Crippen LogP contribution in [-0.4, -0.2) is 64.9 Å². The van der Waals surface area contributed by atoms with Gasteiger partial charge in [0.05, 0.1) is 31.8 Å². The van der Waals surface area contributed by atoms with E-state index < -0.39 is 0 Å². The number of amides is 1. The molecule has 1 unspecified atom stereocenters. The van der Waals surface area contributed by atoms with E-state index in [0.29, 0.717) is 28.8 Å². The molecule has 3 aromatic rings. The second-order valence-electron chi connectivity index (χ2n) is 6.77. The molecule has 1 amide bonds. The van der Waals surface area contributed by atoms with E-state index in [4.69, 9.17) is 14.2 Å². The van der Waals surface area contributed by atoms with Gasteiger partial charge in [-0.25, -0.2) is 0 Å². The zero-order chi connectivity index (χ0) is 20.9. The molecule has 0 spiro atoms. The highest BCUT2D eigenvalue weighted by Crippen LogP contribution is 2.31. The first-order valence-electron chi connectivity index (χ1n) is 9.64. The number of thioether (sulfide) groups is 1. The fraction of sp³-hybridized carbons (Fsp3) is 0.400. The number of carbonyl (C=O) groups excluding carboxylic acids is 1. The van der Waals surface area contributed by atoms with E-state index in [1.165, 1.54) is 11.8 Å². The maximum absolute atomic E-state index is 12.2. The molecule has 0 aliphatic carbocycles. The molecular formula is C20H23N5O4S. The molecule has 10 heteroatoms. The molecule has 9 nitrogen and oxygen atoms in total. The SMILES string of the molecule is COc1ccc(-c2ccc3nnc(SCC(=O)NCC4CCCO4)n3n2)cc1OC. The molecule has 1 aromatic carbocycles. The molecule has 1 fully saturated rings. The summed E-state index contributed by atoms with van der Waals surface area (Å²) in [6.07, 6.45) is 2.17. The lowest BCUT2D eigenvalue weighted by atomic mass is 10.1. The lowest BCUT2D eigenvalue weighted by Gasteiger charge is -2.10. The minimum Gasteiger partial charge on any atom is -0.493 e. The summed E-state index contributed by atoms with van der Waals surface area (Å²) in [4.78, 5) is 12.2. The molecule has 1 atom stereocenters. The Hall–Kier alpha value is -2.85. The highest BCUT2D eigenvalue weighted by Gasteiger charge is 2.17. The molecule has 1 aliphatic rings. The number of carbonyl (C=O) groups is 1. The Bertz CT molecular complexity index is 1040. The van der Waals surface area contributed by atoms with Gasteiger partial charge in [0, 0.05) is 18.7 Å². The third-order valence-corrected chi connectivity index (χ3v) is 5.72. The van der Waals surface area contributed by atoms with Crippen LogP contribution < -0.4 is 14.8 Å². The summed E-state index contributed by atoms with van der Waals surface area (Å²) in [6, 6.07) is 9.32. The van der Waals surface area contributed by atoms with Gasteiger partial charge in [0.2, 0.25) is 11.1 Å². The second kappa shape index (κ2) is 9.31. The van der Waals surface area contributed by atoms with E-state index in [0.717, 1.165) is 30.7 Å². The minimum absolute atomic E-state index is 0.0664. The molecule has 0 saturated carbocycles. The fourth-order valence-electron chi connectivity index (χ4n) is 3.22. The normalized spacial score (nSPS) is 16.0. The number of nitrogens with one attached hydrogen (secondary N) is 1. The van der Waals surface area contributed by atoms with Crippen LogP contribution in [0.25, 0.3) is 16.9 Å². The number of fused-ring (bicyclic) bond motifs is 1. The molecule has 4 rings (SSSR count). The van der Waals surface area contributed by atoms with E-state index >= 15 is 0 Å². The van der Waals surface area contributed by atoms with Crippen LogP contribution in [0.4, 0.5) is 0 Å². The zero-order valence-corrected chi connectivity index (χ0v) is 17.6. The van der Waals surface area contributed by atoms with Crippen molar-refractivity contribution in [3.8, 4) is 22.8 Å². The predicted octanol–water partition coefficient (Wildman–Crippen LogP) is 2.20. The summed E-state index contributed by atoms with van der Waals surface area (Å²) in [7, 11) is 3.19. The maximum Gasteiger partial charge on any atom is 0.230 e. The number of hydrogen-bond acceptors (Lipinski definition) is 8. The van der Waals surface area contributed by atoms with Crippen molar-refractivity contribution >= 4 is 23.3 Å². The van der Waals surface area contributed by atoms with Gasteiger partial charge in [0.25, 0.3) is 0 Å². The Kier molecular flexibility index (Phi) is 6.34. The second-order valence-corrected chi connectivity index (χ2v) is 7.71. The van der Waals surface area contributed by atoms with E-state index in [1.54, 1.807) is 18.7 Å². The summed E-state index contributed by atoms with van der Waals surface area (Å²) < 4.78 is 17.8. The number of rotatable bonds is 8. The quantitative estimate of drug-likeness (QED) is 0.544. The first kappa shape index (κ1) is 20.4. The van der Waals surface area contributed by atoms with Crippen molar-refractivity contribution in [3.63, 3.8) is 0 Å². The number of nitrogens with zero attached hydrogens (tertiary/aromatic N) is 4. The number of methoxy groups -OCH3 is 2. The molecule has 2 aromatic heterocycles. The van der Waals surface area contributed by atoms with Gasteiger partial charge < -0.3 is 19.5 Å². The predicted molar refractivity (Wildman–Crippen MR) is 112 cm³/mol. The summed E-state index contributed by atoms with van der Waals surface area (Å²) >= 11 is 1.29. The lowest BCUT2D eigenvalue weighted by Crippen LogP contribution is -2.32. The van der Waals surface area contributed by atoms with Crippen LogP contribution in [0.5, 0.6) is 11.5 Å². The Morgan fingerprint density at radius 2 is 2.10 bits per heavy atom. The molecule has 1 aliphatic heterocycles. The van der Waals surface area contributed by atoms with Crippen LogP contribution in [0.1, 0.15) is 12.8 Å². The van der Waals surface area contributed by atoms with Crippen LogP contribution in [0, 0.1) is 0 Å². The van der Waals surface area contributed by atoms with Crippen molar-refractivity contribution in [2.75, 3.05) is 33.1 Å². The van der Waals surface area contributed by atoms with Gasteiger partial charge in [0.1, 0.15) is 0 Å². The lowest BCUT2D eigenvalue weighted by molar-refractivity contribution is -0.119. The average Bonchev–Trinajstić information content (AvgIpc) is 3.45. The van der Waals surface area contributed by atoms with Crippen molar-refractivity contribution in [3.05, 3.63) is 30.3 Å². The highest BCUT2D eigenvalue weighted by molar-refractivity contribution is 7.99. The highest BCUT2D eigenvalue weighted by atomic mass is 32.2. The van der Waals surface area contributed by atoms with Gasteiger partial charge in [-0.05, 0) is 43.2 Å². The Morgan fingerprint density at radius 1 is 1.23 bits per heavy atom. The molecule has 158 valence electrons. The minimum atomic E-state index is -0.0664.